The van der Waals surface area contributed by atoms with Crippen molar-refractivity contribution in [3.63, 3.8) is 0 Å². The van der Waals surface area contributed by atoms with Crippen molar-refractivity contribution in [2.75, 3.05) is 5.32 Å². The second kappa shape index (κ2) is 5.02. The molecule has 3 unspecified atom stereocenters. The molecule has 0 spiro atoms. The fourth-order valence-electron chi connectivity index (χ4n) is 3.48. The fraction of sp³-hybridized carbons (Fsp3) is 0.467. The third-order valence-corrected chi connectivity index (χ3v) is 4.50. The number of benzene rings is 1. The average Bonchev–Trinajstić information content (AvgIpc) is 3.00. The number of urea groups is 1. The van der Waals surface area contributed by atoms with Crippen LogP contribution in [0.5, 0.6) is 0 Å². The van der Waals surface area contributed by atoms with Gasteiger partial charge >= 0.3 is 12.0 Å². The topological polar surface area (TPSA) is 69.6 Å². The van der Waals surface area contributed by atoms with Gasteiger partial charge in [0, 0.05) is 17.8 Å². The number of nitrogens with zero attached hydrogens (tertiary/aromatic N) is 1. The summed E-state index contributed by atoms with van der Waals surface area (Å²) in [6.07, 6.45) is 2.11. The number of fused-ring (bicyclic) bond motifs is 2. The summed E-state index contributed by atoms with van der Waals surface area (Å²) >= 11 is 0. The minimum atomic E-state index is -0.836. The molecule has 0 aromatic heterocycles. The van der Waals surface area contributed by atoms with Crippen LogP contribution in [0.3, 0.4) is 0 Å². The van der Waals surface area contributed by atoms with Crippen molar-refractivity contribution in [2.45, 2.75) is 38.3 Å². The minimum Gasteiger partial charge on any atom is -0.481 e. The number of amides is 2. The summed E-state index contributed by atoms with van der Waals surface area (Å²) < 4.78 is 13.2. The molecule has 0 aliphatic carbocycles. The maximum Gasteiger partial charge on any atom is 0.322 e. The number of carboxylic acid groups (broad SMARTS) is 1. The quantitative estimate of drug-likeness (QED) is 0.880. The summed E-state index contributed by atoms with van der Waals surface area (Å²) in [5, 5.41) is 11.9. The van der Waals surface area contributed by atoms with Crippen molar-refractivity contribution < 1.29 is 19.1 Å². The van der Waals surface area contributed by atoms with Crippen molar-refractivity contribution in [3.8, 4) is 0 Å². The Bertz CT molecular complexity index is 605. The molecule has 1 aromatic carbocycles. The van der Waals surface area contributed by atoms with Crippen LogP contribution >= 0.6 is 0 Å². The zero-order valence-electron chi connectivity index (χ0n) is 11.7. The molecule has 112 valence electrons. The highest BCUT2D eigenvalue weighted by Gasteiger charge is 2.51. The Morgan fingerprint density at radius 3 is 2.76 bits per heavy atom. The maximum absolute atomic E-state index is 13.2. The van der Waals surface area contributed by atoms with Crippen molar-refractivity contribution in [2.24, 2.45) is 5.92 Å². The molecular formula is C15H17FN2O3. The normalized spacial score (nSPS) is 27.0. The number of anilines is 1. The Hall–Kier alpha value is -2.11. The number of carbonyl (C=O) groups is 2. The number of aliphatic carboxylic acids is 1. The van der Waals surface area contributed by atoms with E-state index in [9.17, 15) is 19.1 Å². The smallest absolute Gasteiger partial charge is 0.322 e. The molecule has 2 saturated heterocycles. The number of rotatable bonds is 2. The Labute approximate surface area is 121 Å². The molecule has 2 N–H and O–H groups in total. The molecule has 1 aromatic rings. The SMILES string of the molecule is Cc1cc(NC(=O)N2C3CCC2C(C(=O)O)C3)ccc1F. The Morgan fingerprint density at radius 1 is 1.38 bits per heavy atom. The van der Waals surface area contributed by atoms with Crippen LogP contribution in [-0.2, 0) is 4.79 Å². The highest BCUT2D eigenvalue weighted by molar-refractivity contribution is 5.91. The lowest BCUT2D eigenvalue weighted by Gasteiger charge is -2.23. The van der Waals surface area contributed by atoms with Crippen LogP contribution in [0, 0.1) is 18.7 Å². The van der Waals surface area contributed by atoms with Gasteiger partial charge < -0.3 is 15.3 Å². The third kappa shape index (κ3) is 2.34. The van der Waals surface area contributed by atoms with E-state index in [1.165, 1.54) is 12.1 Å². The maximum atomic E-state index is 13.2. The van der Waals surface area contributed by atoms with E-state index in [-0.39, 0.29) is 23.9 Å². The van der Waals surface area contributed by atoms with Crippen molar-refractivity contribution in [1.82, 2.24) is 4.90 Å². The van der Waals surface area contributed by atoms with Gasteiger partial charge in [-0.15, -0.1) is 0 Å². The van der Waals surface area contributed by atoms with Gasteiger partial charge in [0.1, 0.15) is 5.82 Å². The van der Waals surface area contributed by atoms with Gasteiger partial charge in [-0.25, -0.2) is 9.18 Å². The lowest BCUT2D eigenvalue weighted by atomic mass is 9.89. The van der Waals surface area contributed by atoms with Gasteiger partial charge in [-0.1, -0.05) is 0 Å². The predicted molar refractivity (Wildman–Crippen MR) is 74.5 cm³/mol. The van der Waals surface area contributed by atoms with Gasteiger partial charge in [0.25, 0.3) is 0 Å². The largest absolute Gasteiger partial charge is 0.481 e. The number of halogens is 1. The summed E-state index contributed by atoms with van der Waals surface area (Å²) in [6.45, 7) is 1.63. The van der Waals surface area contributed by atoms with E-state index in [0.717, 1.165) is 12.8 Å². The standard InChI is InChI=1S/C15H17FN2O3/c1-8-6-9(2-4-12(8)16)17-15(21)18-10-3-5-13(18)11(7-10)14(19)20/h2,4,6,10-11,13H,3,5,7H2,1H3,(H,17,21)(H,19,20). The number of aryl methyl sites for hydroxylation is 1. The molecule has 3 atom stereocenters. The number of carbonyl (C=O) groups excluding carboxylic acids is 1. The fourth-order valence-corrected chi connectivity index (χ4v) is 3.48. The van der Waals surface area contributed by atoms with Crippen LogP contribution in [0.2, 0.25) is 0 Å². The monoisotopic (exact) mass is 292 g/mol. The molecule has 21 heavy (non-hydrogen) atoms. The first-order chi connectivity index (χ1) is 9.97. The Morgan fingerprint density at radius 2 is 2.14 bits per heavy atom. The third-order valence-electron chi connectivity index (χ3n) is 4.50. The molecule has 5 nitrogen and oxygen atoms in total. The van der Waals surface area contributed by atoms with Gasteiger partial charge in [-0.3, -0.25) is 4.79 Å². The van der Waals surface area contributed by atoms with E-state index in [4.69, 9.17) is 0 Å². The van der Waals surface area contributed by atoms with E-state index in [2.05, 4.69) is 5.32 Å². The second-order valence-corrected chi connectivity index (χ2v) is 5.78. The molecule has 0 radical (unpaired) electrons. The molecule has 6 heteroatoms. The first-order valence-electron chi connectivity index (χ1n) is 7.05. The van der Waals surface area contributed by atoms with Gasteiger partial charge in [-0.2, -0.15) is 0 Å². The molecule has 2 fully saturated rings. The molecule has 2 aliphatic heterocycles. The number of hydrogen-bond acceptors (Lipinski definition) is 2. The van der Waals surface area contributed by atoms with E-state index >= 15 is 0 Å². The first kappa shape index (κ1) is 13.9. The van der Waals surface area contributed by atoms with Gasteiger partial charge in [0.15, 0.2) is 0 Å². The van der Waals surface area contributed by atoms with Gasteiger partial charge in [0.05, 0.1) is 5.92 Å². The van der Waals surface area contributed by atoms with Crippen LogP contribution in [-0.4, -0.2) is 34.1 Å². The van der Waals surface area contributed by atoms with E-state index in [1.54, 1.807) is 17.9 Å². The lowest BCUT2D eigenvalue weighted by Crippen LogP contribution is -2.40. The molecule has 3 rings (SSSR count). The second-order valence-electron chi connectivity index (χ2n) is 5.78. The zero-order chi connectivity index (χ0) is 15.1. The van der Waals surface area contributed by atoms with Crippen molar-refractivity contribution >= 4 is 17.7 Å². The minimum absolute atomic E-state index is 0.00218. The van der Waals surface area contributed by atoms with E-state index < -0.39 is 11.9 Å². The Balaban J connectivity index is 1.74. The zero-order valence-corrected chi connectivity index (χ0v) is 11.7. The summed E-state index contributed by atoms with van der Waals surface area (Å²) in [5.41, 5.74) is 0.984. The van der Waals surface area contributed by atoms with E-state index in [1.807, 2.05) is 0 Å². The van der Waals surface area contributed by atoms with E-state index in [0.29, 0.717) is 17.7 Å². The summed E-state index contributed by atoms with van der Waals surface area (Å²) in [4.78, 5) is 25.2. The Kier molecular flexibility index (Phi) is 3.31. The number of hydrogen-bond donors (Lipinski definition) is 2. The average molecular weight is 292 g/mol. The molecule has 2 heterocycles. The van der Waals surface area contributed by atoms with Gasteiger partial charge in [-0.05, 0) is 49.9 Å². The first-order valence-corrected chi connectivity index (χ1v) is 7.05. The molecule has 2 aliphatic rings. The lowest BCUT2D eigenvalue weighted by molar-refractivity contribution is -0.142. The molecule has 2 amide bonds. The molecular weight excluding hydrogens is 275 g/mol. The summed E-state index contributed by atoms with van der Waals surface area (Å²) in [5.74, 6) is -1.62. The van der Waals surface area contributed by atoms with Crippen LogP contribution in [0.15, 0.2) is 18.2 Å². The molecule has 0 saturated carbocycles. The van der Waals surface area contributed by atoms with Crippen LogP contribution < -0.4 is 5.32 Å². The van der Waals surface area contributed by atoms with Gasteiger partial charge in [0.2, 0.25) is 0 Å². The number of carboxylic acids is 1. The predicted octanol–water partition coefficient (Wildman–Crippen LogP) is 2.60. The molecule has 2 bridgehead atoms. The summed E-state index contributed by atoms with van der Waals surface area (Å²) in [6, 6.07) is 3.86. The highest BCUT2D eigenvalue weighted by atomic mass is 19.1. The van der Waals surface area contributed by atoms with Crippen molar-refractivity contribution in [1.29, 1.82) is 0 Å². The van der Waals surface area contributed by atoms with Crippen LogP contribution in [0.25, 0.3) is 0 Å². The highest BCUT2D eigenvalue weighted by Crippen LogP contribution is 2.42. The van der Waals surface area contributed by atoms with Crippen LogP contribution in [0.1, 0.15) is 24.8 Å². The summed E-state index contributed by atoms with van der Waals surface area (Å²) in [7, 11) is 0. The van der Waals surface area contributed by atoms with Crippen molar-refractivity contribution in [3.05, 3.63) is 29.6 Å². The number of nitrogens with one attached hydrogen (secondary N) is 1. The van der Waals surface area contributed by atoms with Crippen LogP contribution in [0.4, 0.5) is 14.9 Å².